The highest BCUT2D eigenvalue weighted by atomic mass is 31.2. The first-order valence-corrected chi connectivity index (χ1v) is 19.6. The van der Waals surface area contributed by atoms with Crippen molar-refractivity contribution in [2.75, 3.05) is 13.2 Å². The number of phosphoric ester groups is 1. The molecule has 256 valence electrons. The van der Waals surface area contributed by atoms with Gasteiger partial charge in [0.2, 0.25) is 0 Å². The summed E-state index contributed by atoms with van der Waals surface area (Å²) in [6.07, 6.45) is 35.9. The van der Waals surface area contributed by atoms with Crippen molar-refractivity contribution in [3.8, 4) is 0 Å². The average Bonchev–Trinajstić information content (AvgIpc) is 2.97. The molecular formula is C35H69O7P. The lowest BCUT2D eigenvalue weighted by Crippen LogP contribution is -2.27. The second kappa shape index (κ2) is 32.5. The number of rotatable bonds is 34. The fraction of sp³-hybridized carbons (Fsp3) is 0.914. The number of unbranched alkanes of at least 4 members (excludes halogenated alkanes) is 24. The maximum atomic E-state index is 12.2. The molecule has 0 fully saturated rings. The van der Waals surface area contributed by atoms with Crippen LogP contribution in [0.15, 0.2) is 12.3 Å². The molecule has 2 N–H and O–H groups in total. The summed E-state index contributed by atoms with van der Waals surface area (Å²) in [5.74, 6) is -0.386. The number of allylic oxidation sites excluding steroid dienone is 1. The topological polar surface area (TPSA) is 102 Å². The van der Waals surface area contributed by atoms with Gasteiger partial charge in [0.15, 0.2) is 6.10 Å². The summed E-state index contributed by atoms with van der Waals surface area (Å²) in [6, 6.07) is 0. The van der Waals surface area contributed by atoms with Gasteiger partial charge >= 0.3 is 13.8 Å². The Balaban J connectivity index is 3.81. The average molecular weight is 633 g/mol. The number of esters is 1. The molecule has 0 rings (SSSR count). The lowest BCUT2D eigenvalue weighted by Gasteiger charge is -2.18. The molecule has 1 atom stereocenters. The van der Waals surface area contributed by atoms with E-state index in [1.54, 1.807) is 6.26 Å². The third-order valence-corrected chi connectivity index (χ3v) is 8.40. The number of phosphoric acid groups is 1. The molecule has 0 heterocycles. The van der Waals surface area contributed by atoms with Gasteiger partial charge < -0.3 is 19.3 Å². The lowest BCUT2D eigenvalue weighted by molar-refractivity contribution is -0.153. The molecule has 0 amide bonds. The van der Waals surface area contributed by atoms with Crippen LogP contribution in [-0.2, 0) is 23.4 Å². The van der Waals surface area contributed by atoms with Crippen molar-refractivity contribution in [1.82, 2.24) is 0 Å². The molecule has 0 bridgehead atoms. The molecule has 0 aliphatic heterocycles. The molecule has 43 heavy (non-hydrogen) atoms. The maximum absolute atomic E-state index is 12.2. The first-order chi connectivity index (χ1) is 20.9. The Morgan fingerprint density at radius 2 is 1.00 bits per heavy atom. The molecule has 0 aromatic carbocycles. The summed E-state index contributed by atoms with van der Waals surface area (Å²) in [7, 11) is -4.65. The fourth-order valence-corrected chi connectivity index (χ4v) is 5.59. The maximum Gasteiger partial charge on any atom is 0.469 e. The van der Waals surface area contributed by atoms with E-state index in [1.165, 1.54) is 135 Å². The van der Waals surface area contributed by atoms with Crippen LogP contribution in [0.25, 0.3) is 0 Å². The van der Waals surface area contributed by atoms with E-state index in [1.807, 2.05) is 6.08 Å². The highest BCUT2D eigenvalue weighted by molar-refractivity contribution is 7.46. The number of carbonyl (C=O) groups is 1. The summed E-state index contributed by atoms with van der Waals surface area (Å²) >= 11 is 0. The Hall–Kier alpha value is -0.880. The number of hydrogen-bond acceptors (Lipinski definition) is 5. The number of ether oxygens (including phenoxy) is 2. The largest absolute Gasteiger partial charge is 0.498 e. The third kappa shape index (κ3) is 35.5. The molecule has 7 nitrogen and oxygen atoms in total. The molecule has 0 aromatic heterocycles. The van der Waals surface area contributed by atoms with Gasteiger partial charge in [0.05, 0.1) is 12.9 Å². The van der Waals surface area contributed by atoms with Crippen LogP contribution >= 0.6 is 7.82 Å². The molecule has 0 spiro atoms. The summed E-state index contributed by atoms with van der Waals surface area (Å²) in [6.45, 7) is 4.09. The van der Waals surface area contributed by atoms with Crippen LogP contribution in [0.1, 0.15) is 187 Å². The van der Waals surface area contributed by atoms with E-state index in [9.17, 15) is 9.36 Å². The molecule has 8 heteroatoms. The van der Waals surface area contributed by atoms with Crippen LogP contribution in [0.4, 0.5) is 0 Å². The summed E-state index contributed by atoms with van der Waals surface area (Å²) < 4.78 is 26.6. The monoisotopic (exact) mass is 632 g/mol. The molecule has 0 aliphatic rings. The van der Waals surface area contributed by atoms with Crippen molar-refractivity contribution in [3.05, 3.63) is 12.3 Å². The Kier molecular flexibility index (Phi) is 31.8. The van der Waals surface area contributed by atoms with Crippen LogP contribution < -0.4 is 0 Å². The SMILES string of the molecule is CCCCCCCCCCCCCCCCCC/C=C\OC[C@H](COP(=O)(O)O)OC(=O)CCCCCCCCCCC. The smallest absolute Gasteiger partial charge is 0.469 e. The van der Waals surface area contributed by atoms with Gasteiger partial charge in [0, 0.05) is 6.42 Å². The molecule has 0 aliphatic carbocycles. The van der Waals surface area contributed by atoms with Crippen LogP contribution in [0.2, 0.25) is 0 Å². The van der Waals surface area contributed by atoms with Gasteiger partial charge in [0.25, 0.3) is 0 Å². The van der Waals surface area contributed by atoms with Crippen LogP contribution in [-0.4, -0.2) is 35.1 Å². The van der Waals surface area contributed by atoms with E-state index in [-0.39, 0.29) is 19.0 Å². The predicted octanol–water partition coefficient (Wildman–Crippen LogP) is 11.1. The van der Waals surface area contributed by atoms with E-state index in [4.69, 9.17) is 19.3 Å². The van der Waals surface area contributed by atoms with E-state index in [0.29, 0.717) is 0 Å². The van der Waals surface area contributed by atoms with E-state index in [2.05, 4.69) is 18.4 Å². The van der Waals surface area contributed by atoms with Crippen molar-refractivity contribution >= 4 is 13.8 Å². The Morgan fingerprint density at radius 1 is 0.605 bits per heavy atom. The van der Waals surface area contributed by atoms with E-state index in [0.717, 1.165) is 32.1 Å². The predicted molar refractivity (Wildman–Crippen MR) is 179 cm³/mol. The highest BCUT2D eigenvalue weighted by Crippen LogP contribution is 2.35. The van der Waals surface area contributed by atoms with E-state index >= 15 is 0 Å². The standard InChI is InChI=1S/C35H69O7P/c1-3-5-7-9-11-13-14-15-16-17-18-19-20-21-23-25-27-29-31-40-32-34(33-41-43(37,38)39)42-35(36)30-28-26-24-22-12-10-8-6-4-2/h29,31,34H,3-28,30,32-33H2,1-2H3,(H2,37,38,39)/b31-29-/t34-/m1/s1. The highest BCUT2D eigenvalue weighted by Gasteiger charge is 2.21. The number of carbonyl (C=O) groups excluding carboxylic acids is 1. The second-order valence-corrected chi connectivity index (χ2v) is 13.5. The minimum absolute atomic E-state index is 0.00103. The quantitative estimate of drug-likeness (QED) is 0.0315. The zero-order valence-electron chi connectivity index (χ0n) is 28.1. The first kappa shape index (κ1) is 42.1. The molecule has 0 unspecified atom stereocenters. The minimum Gasteiger partial charge on any atom is -0.498 e. The third-order valence-electron chi connectivity index (χ3n) is 7.91. The van der Waals surface area contributed by atoms with Crippen LogP contribution in [0.5, 0.6) is 0 Å². The molecule has 0 aromatic rings. The van der Waals surface area contributed by atoms with Gasteiger partial charge in [-0.25, -0.2) is 4.57 Å². The zero-order valence-corrected chi connectivity index (χ0v) is 29.0. The van der Waals surface area contributed by atoms with E-state index < -0.39 is 20.5 Å². The van der Waals surface area contributed by atoms with Gasteiger partial charge in [0.1, 0.15) is 6.61 Å². The van der Waals surface area contributed by atoms with Crippen LogP contribution in [0.3, 0.4) is 0 Å². The van der Waals surface area contributed by atoms with Gasteiger partial charge in [-0.1, -0.05) is 162 Å². The molecule has 0 saturated carbocycles. The molecule has 0 radical (unpaired) electrons. The Morgan fingerprint density at radius 3 is 1.42 bits per heavy atom. The van der Waals surface area contributed by atoms with Crippen molar-refractivity contribution in [2.24, 2.45) is 0 Å². The summed E-state index contributed by atoms with van der Waals surface area (Å²) in [5.41, 5.74) is 0. The van der Waals surface area contributed by atoms with Gasteiger partial charge in [-0.3, -0.25) is 9.32 Å². The van der Waals surface area contributed by atoms with Crippen molar-refractivity contribution in [3.63, 3.8) is 0 Å². The molecular weight excluding hydrogens is 563 g/mol. The zero-order chi connectivity index (χ0) is 31.7. The Labute approximate surface area is 265 Å². The van der Waals surface area contributed by atoms with Crippen LogP contribution in [0, 0.1) is 0 Å². The summed E-state index contributed by atoms with van der Waals surface area (Å²) in [4.78, 5) is 30.3. The van der Waals surface area contributed by atoms with Gasteiger partial charge in [-0.2, -0.15) is 0 Å². The van der Waals surface area contributed by atoms with Gasteiger partial charge in [-0.05, 0) is 25.3 Å². The van der Waals surface area contributed by atoms with Crippen molar-refractivity contribution in [1.29, 1.82) is 0 Å². The number of hydrogen-bond donors (Lipinski definition) is 2. The second-order valence-electron chi connectivity index (χ2n) is 12.3. The normalized spacial score (nSPS) is 12.7. The summed E-state index contributed by atoms with van der Waals surface area (Å²) in [5, 5.41) is 0. The van der Waals surface area contributed by atoms with Crippen molar-refractivity contribution < 1.29 is 33.1 Å². The lowest BCUT2D eigenvalue weighted by atomic mass is 10.0. The first-order valence-electron chi connectivity index (χ1n) is 18.0. The fourth-order valence-electron chi connectivity index (χ4n) is 5.23. The van der Waals surface area contributed by atoms with Crippen molar-refractivity contribution in [2.45, 2.75) is 193 Å². The van der Waals surface area contributed by atoms with Gasteiger partial charge in [-0.15, -0.1) is 0 Å². The minimum atomic E-state index is -4.65. The Bertz CT molecular complexity index is 665. The molecule has 0 saturated heterocycles.